The molecule has 0 aromatic carbocycles. The third-order valence-electron chi connectivity index (χ3n) is 2.72. The molecule has 1 aromatic heterocycles. The van der Waals surface area contributed by atoms with Crippen LogP contribution in [0.25, 0.3) is 0 Å². The van der Waals surface area contributed by atoms with Gasteiger partial charge >= 0.3 is 0 Å². The first kappa shape index (κ1) is 9.46. The first-order valence-corrected chi connectivity index (χ1v) is 5.21. The maximum absolute atomic E-state index is 5.72. The van der Waals surface area contributed by atoms with Gasteiger partial charge in [-0.2, -0.15) is 0 Å². The second kappa shape index (κ2) is 3.96. The number of nitrogens with zero attached hydrogens (tertiary/aromatic N) is 2. The highest BCUT2D eigenvalue weighted by molar-refractivity contribution is 5.48. The lowest BCUT2D eigenvalue weighted by Crippen LogP contribution is -2.40. The van der Waals surface area contributed by atoms with E-state index in [4.69, 9.17) is 5.73 Å². The zero-order valence-corrected chi connectivity index (χ0v) is 8.56. The van der Waals surface area contributed by atoms with E-state index in [0.29, 0.717) is 18.6 Å². The highest BCUT2D eigenvalue weighted by Crippen LogP contribution is 2.32. The van der Waals surface area contributed by atoms with E-state index in [0.717, 1.165) is 0 Å². The van der Waals surface area contributed by atoms with E-state index < -0.39 is 0 Å². The maximum Gasteiger partial charge on any atom is 0.0402 e. The average Bonchev–Trinajstić information content (AvgIpc) is 3.04. The highest BCUT2D eigenvalue weighted by Gasteiger charge is 2.31. The Hall–Kier alpha value is -1.09. The molecule has 1 atom stereocenters. The Morgan fingerprint density at radius 2 is 2.14 bits per heavy atom. The van der Waals surface area contributed by atoms with E-state index in [1.807, 2.05) is 12.4 Å². The van der Waals surface area contributed by atoms with Crippen molar-refractivity contribution in [2.45, 2.75) is 31.8 Å². The van der Waals surface area contributed by atoms with Crippen molar-refractivity contribution in [1.29, 1.82) is 0 Å². The van der Waals surface area contributed by atoms with Gasteiger partial charge < -0.3 is 10.6 Å². The topological polar surface area (TPSA) is 42.1 Å². The first-order chi connectivity index (χ1) is 6.83. The van der Waals surface area contributed by atoms with Crippen molar-refractivity contribution in [3.8, 4) is 0 Å². The van der Waals surface area contributed by atoms with Crippen molar-refractivity contribution in [2.24, 2.45) is 5.73 Å². The zero-order chi connectivity index (χ0) is 9.97. The standard InChI is InChI=1S/C11H17N3/c1-9(8-12)14(10-2-3-10)11-4-6-13-7-5-11/h4-7,9-10H,2-3,8,12H2,1H3. The SMILES string of the molecule is CC(CN)N(c1ccncc1)C1CC1. The number of pyridine rings is 1. The Morgan fingerprint density at radius 3 is 2.64 bits per heavy atom. The van der Waals surface area contributed by atoms with Crippen LogP contribution in [0.3, 0.4) is 0 Å². The van der Waals surface area contributed by atoms with Crippen LogP contribution >= 0.6 is 0 Å². The van der Waals surface area contributed by atoms with Gasteiger partial charge in [0.05, 0.1) is 0 Å². The molecule has 1 unspecified atom stereocenters. The van der Waals surface area contributed by atoms with Crippen LogP contribution in [0.4, 0.5) is 5.69 Å². The summed E-state index contributed by atoms with van der Waals surface area (Å²) in [5.74, 6) is 0. The quantitative estimate of drug-likeness (QED) is 0.782. The molecule has 0 saturated heterocycles. The van der Waals surface area contributed by atoms with Crippen LogP contribution in [-0.4, -0.2) is 23.6 Å². The van der Waals surface area contributed by atoms with Crippen LogP contribution in [0.5, 0.6) is 0 Å². The first-order valence-electron chi connectivity index (χ1n) is 5.21. The van der Waals surface area contributed by atoms with Crippen molar-refractivity contribution in [3.63, 3.8) is 0 Å². The van der Waals surface area contributed by atoms with Crippen molar-refractivity contribution in [2.75, 3.05) is 11.4 Å². The van der Waals surface area contributed by atoms with Crippen LogP contribution in [0.1, 0.15) is 19.8 Å². The molecule has 1 aliphatic carbocycles. The molecular weight excluding hydrogens is 174 g/mol. The molecule has 3 nitrogen and oxygen atoms in total. The summed E-state index contributed by atoms with van der Waals surface area (Å²) in [5, 5.41) is 0. The van der Waals surface area contributed by atoms with Crippen LogP contribution in [-0.2, 0) is 0 Å². The molecule has 14 heavy (non-hydrogen) atoms. The molecular formula is C11H17N3. The molecule has 1 saturated carbocycles. The molecule has 0 radical (unpaired) electrons. The van der Waals surface area contributed by atoms with Gasteiger partial charge in [-0.05, 0) is 31.9 Å². The molecule has 2 N–H and O–H groups in total. The van der Waals surface area contributed by atoms with Gasteiger partial charge in [0.15, 0.2) is 0 Å². The third-order valence-corrected chi connectivity index (χ3v) is 2.72. The molecule has 1 fully saturated rings. The fourth-order valence-electron chi connectivity index (χ4n) is 1.81. The number of anilines is 1. The fourth-order valence-corrected chi connectivity index (χ4v) is 1.81. The molecule has 1 aromatic rings. The van der Waals surface area contributed by atoms with Gasteiger partial charge in [-0.25, -0.2) is 0 Å². The predicted octanol–water partition coefficient (Wildman–Crippen LogP) is 1.40. The summed E-state index contributed by atoms with van der Waals surface area (Å²) in [7, 11) is 0. The lowest BCUT2D eigenvalue weighted by Gasteiger charge is -2.30. The van der Waals surface area contributed by atoms with Gasteiger partial charge in [0.2, 0.25) is 0 Å². The molecule has 1 aliphatic rings. The molecule has 0 spiro atoms. The van der Waals surface area contributed by atoms with Gasteiger partial charge in [0, 0.05) is 36.7 Å². The molecule has 76 valence electrons. The van der Waals surface area contributed by atoms with Crippen molar-refractivity contribution in [1.82, 2.24) is 4.98 Å². The van der Waals surface area contributed by atoms with Crippen molar-refractivity contribution >= 4 is 5.69 Å². The predicted molar refractivity (Wildman–Crippen MR) is 58.3 cm³/mol. The smallest absolute Gasteiger partial charge is 0.0402 e. The molecule has 0 amide bonds. The van der Waals surface area contributed by atoms with E-state index in [1.54, 1.807) is 0 Å². The van der Waals surface area contributed by atoms with E-state index in [2.05, 4.69) is 28.9 Å². The van der Waals surface area contributed by atoms with Crippen LogP contribution in [0.15, 0.2) is 24.5 Å². The largest absolute Gasteiger partial charge is 0.364 e. The maximum atomic E-state index is 5.72. The Kier molecular flexibility index (Phi) is 2.68. The third kappa shape index (κ3) is 1.87. The Balaban J connectivity index is 2.18. The summed E-state index contributed by atoms with van der Waals surface area (Å²) in [4.78, 5) is 6.45. The van der Waals surface area contributed by atoms with Gasteiger partial charge in [-0.15, -0.1) is 0 Å². The van der Waals surface area contributed by atoms with Gasteiger partial charge in [-0.1, -0.05) is 0 Å². The van der Waals surface area contributed by atoms with Crippen molar-refractivity contribution in [3.05, 3.63) is 24.5 Å². The minimum atomic E-state index is 0.421. The molecule has 0 bridgehead atoms. The number of hydrogen-bond acceptors (Lipinski definition) is 3. The van der Waals surface area contributed by atoms with Crippen LogP contribution in [0, 0.1) is 0 Å². The summed E-state index contributed by atoms with van der Waals surface area (Å²) in [6, 6.07) is 5.25. The molecule has 2 rings (SSSR count). The minimum Gasteiger partial charge on any atom is -0.364 e. The van der Waals surface area contributed by atoms with Crippen molar-refractivity contribution < 1.29 is 0 Å². The fraction of sp³-hybridized carbons (Fsp3) is 0.545. The summed E-state index contributed by atoms with van der Waals surface area (Å²) < 4.78 is 0. The molecule has 1 heterocycles. The van der Waals surface area contributed by atoms with Gasteiger partial charge in [-0.3, -0.25) is 4.98 Å². The van der Waals surface area contributed by atoms with Crippen LogP contribution < -0.4 is 10.6 Å². The van der Waals surface area contributed by atoms with E-state index in [-0.39, 0.29) is 0 Å². The summed E-state index contributed by atoms with van der Waals surface area (Å²) in [5.41, 5.74) is 6.97. The van der Waals surface area contributed by atoms with Gasteiger partial charge in [0.1, 0.15) is 0 Å². The lowest BCUT2D eigenvalue weighted by molar-refractivity contribution is 0.637. The summed E-state index contributed by atoms with van der Waals surface area (Å²) >= 11 is 0. The second-order valence-electron chi connectivity index (χ2n) is 3.93. The monoisotopic (exact) mass is 191 g/mol. The molecule has 0 aliphatic heterocycles. The van der Waals surface area contributed by atoms with E-state index >= 15 is 0 Å². The molecule has 3 heteroatoms. The van der Waals surface area contributed by atoms with E-state index in [9.17, 15) is 0 Å². The number of aromatic nitrogens is 1. The van der Waals surface area contributed by atoms with E-state index in [1.165, 1.54) is 18.5 Å². The minimum absolute atomic E-state index is 0.421. The Bertz CT molecular complexity index is 282. The summed E-state index contributed by atoms with van der Waals surface area (Å²) in [6.45, 7) is 2.89. The lowest BCUT2D eigenvalue weighted by atomic mass is 10.2. The number of rotatable bonds is 4. The number of nitrogens with two attached hydrogens (primary N) is 1. The van der Waals surface area contributed by atoms with Crippen LogP contribution in [0.2, 0.25) is 0 Å². The number of hydrogen-bond donors (Lipinski definition) is 1. The Labute approximate surface area is 84.9 Å². The Morgan fingerprint density at radius 1 is 1.50 bits per heavy atom. The van der Waals surface area contributed by atoms with Gasteiger partial charge in [0.25, 0.3) is 0 Å². The summed E-state index contributed by atoms with van der Waals surface area (Å²) in [6.07, 6.45) is 6.28. The average molecular weight is 191 g/mol. The highest BCUT2D eigenvalue weighted by atomic mass is 15.2. The normalized spacial score (nSPS) is 17.9. The second-order valence-corrected chi connectivity index (χ2v) is 3.93. The zero-order valence-electron chi connectivity index (χ0n) is 8.56.